The van der Waals surface area contributed by atoms with E-state index in [1.807, 2.05) is 18.2 Å². The van der Waals surface area contributed by atoms with Crippen LogP contribution in [0, 0.1) is 0 Å². The molecule has 5 heteroatoms. The summed E-state index contributed by atoms with van der Waals surface area (Å²) < 4.78 is 5.38. The molecule has 0 spiro atoms. The summed E-state index contributed by atoms with van der Waals surface area (Å²) in [6.07, 6.45) is 2.66. The molecule has 1 heterocycles. The van der Waals surface area contributed by atoms with Gasteiger partial charge in [0.1, 0.15) is 5.58 Å². The maximum Gasteiger partial charge on any atom is 0.372 e. The third-order valence-corrected chi connectivity index (χ3v) is 3.93. The molecule has 0 radical (unpaired) electrons. The van der Waals surface area contributed by atoms with Crippen LogP contribution >= 0.6 is 0 Å². The van der Waals surface area contributed by atoms with Crippen LogP contribution in [0.25, 0.3) is 11.0 Å². The molecule has 3 N–H and O–H groups in total. The first-order valence-corrected chi connectivity index (χ1v) is 6.76. The number of benzene rings is 1. The Labute approximate surface area is 116 Å². The standard InChI is InChI=1S/C15H17NO4/c17-14(18)13-11(8-16-9-15(19)6-3-7-15)10-4-1-2-5-12(10)20-13/h1-2,4-5,16,19H,3,6-9H2,(H,17,18). The Morgan fingerprint density at radius 1 is 1.35 bits per heavy atom. The van der Waals surface area contributed by atoms with E-state index >= 15 is 0 Å². The van der Waals surface area contributed by atoms with E-state index in [0.717, 1.165) is 24.6 Å². The highest BCUT2D eigenvalue weighted by Gasteiger charge is 2.33. The first-order valence-electron chi connectivity index (χ1n) is 6.76. The molecule has 1 saturated carbocycles. The van der Waals surface area contributed by atoms with Crippen LogP contribution in [0.4, 0.5) is 0 Å². The molecule has 0 saturated heterocycles. The van der Waals surface area contributed by atoms with Gasteiger partial charge >= 0.3 is 5.97 Å². The van der Waals surface area contributed by atoms with Gasteiger partial charge in [-0.15, -0.1) is 0 Å². The minimum atomic E-state index is -1.07. The van der Waals surface area contributed by atoms with Crippen molar-refractivity contribution in [1.82, 2.24) is 5.32 Å². The van der Waals surface area contributed by atoms with Crippen LogP contribution < -0.4 is 5.32 Å². The number of hydrogen-bond donors (Lipinski definition) is 3. The average Bonchev–Trinajstić information content (AvgIpc) is 2.76. The van der Waals surface area contributed by atoms with Crippen molar-refractivity contribution < 1.29 is 19.4 Å². The zero-order valence-corrected chi connectivity index (χ0v) is 11.1. The van der Waals surface area contributed by atoms with Gasteiger partial charge in [0.2, 0.25) is 5.76 Å². The Bertz CT molecular complexity index is 642. The summed E-state index contributed by atoms with van der Waals surface area (Å²) >= 11 is 0. The molecule has 0 amide bonds. The fourth-order valence-corrected chi connectivity index (χ4v) is 2.63. The monoisotopic (exact) mass is 275 g/mol. The van der Waals surface area contributed by atoms with Crippen molar-refractivity contribution in [3.05, 3.63) is 35.6 Å². The minimum Gasteiger partial charge on any atom is -0.475 e. The van der Waals surface area contributed by atoms with Gasteiger partial charge in [0.05, 0.1) is 5.60 Å². The van der Waals surface area contributed by atoms with E-state index in [9.17, 15) is 15.0 Å². The molecule has 1 fully saturated rings. The lowest BCUT2D eigenvalue weighted by atomic mass is 9.80. The van der Waals surface area contributed by atoms with E-state index < -0.39 is 11.6 Å². The first-order chi connectivity index (χ1) is 9.59. The highest BCUT2D eigenvalue weighted by atomic mass is 16.4. The number of carboxylic acids is 1. The highest BCUT2D eigenvalue weighted by molar-refractivity contribution is 5.95. The molecule has 1 aromatic carbocycles. The topological polar surface area (TPSA) is 82.7 Å². The summed E-state index contributed by atoms with van der Waals surface area (Å²) in [5.41, 5.74) is 0.586. The molecule has 20 heavy (non-hydrogen) atoms. The maximum atomic E-state index is 11.2. The van der Waals surface area contributed by atoms with E-state index in [1.54, 1.807) is 6.07 Å². The van der Waals surface area contributed by atoms with Gasteiger partial charge in [-0.1, -0.05) is 18.2 Å². The molecule has 0 atom stereocenters. The number of furan rings is 1. The molecule has 1 aliphatic rings. The van der Waals surface area contributed by atoms with Crippen LogP contribution in [0.5, 0.6) is 0 Å². The van der Waals surface area contributed by atoms with Crippen molar-refractivity contribution in [2.45, 2.75) is 31.4 Å². The average molecular weight is 275 g/mol. The number of carbonyl (C=O) groups is 1. The van der Waals surface area contributed by atoms with Crippen molar-refractivity contribution in [3.63, 3.8) is 0 Å². The summed E-state index contributed by atoms with van der Waals surface area (Å²) in [4.78, 5) is 11.2. The fraction of sp³-hybridized carbons (Fsp3) is 0.400. The molecule has 0 aliphatic heterocycles. The Kier molecular flexibility index (Phi) is 3.23. The van der Waals surface area contributed by atoms with Crippen LogP contribution in [0.15, 0.2) is 28.7 Å². The second kappa shape index (κ2) is 4.92. The Balaban J connectivity index is 1.81. The van der Waals surface area contributed by atoms with E-state index in [4.69, 9.17) is 4.42 Å². The molecule has 0 unspecified atom stereocenters. The highest BCUT2D eigenvalue weighted by Crippen LogP contribution is 2.31. The van der Waals surface area contributed by atoms with Crippen molar-refractivity contribution in [2.75, 3.05) is 6.54 Å². The summed E-state index contributed by atoms with van der Waals surface area (Å²) in [6.45, 7) is 0.854. The lowest BCUT2D eigenvalue weighted by Gasteiger charge is -2.36. The molecule has 0 bridgehead atoms. The second-order valence-corrected chi connectivity index (χ2v) is 5.39. The molecule has 3 rings (SSSR count). The number of aromatic carboxylic acids is 1. The number of hydrogen-bond acceptors (Lipinski definition) is 4. The summed E-state index contributed by atoms with van der Waals surface area (Å²) in [6, 6.07) is 7.27. The number of aliphatic hydroxyl groups is 1. The van der Waals surface area contributed by atoms with Crippen molar-refractivity contribution in [1.29, 1.82) is 0 Å². The number of rotatable bonds is 5. The predicted octanol–water partition coefficient (Wildman–Crippen LogP) is 2.14. The van der Waals surface area contributed by atoms with E-state index in [0.29, 0.717) is 24.2 Å². The van der Waals surface area contributed by atoms with Gasteiger partial charge in [-0.25, -0.2) is 4.79 Å². The van der Waals surface area contributed by atoms with E-state index in [-0.39, 0.29) is 5.76 Å². The lowest BCUT2D eigenvalue weighted by molar-refractivity contribution is -0.0314. The van der Waals surface area contributed by atoms with Crippen LogP contribution in [-0.2, 0) is 6.54 Å². The van der Waals surface area contributed by atoms with Gasteiger partial charge in [-0.2, -0.15) is 0 Å². The number of para-hydroxylation sites is 1. The first kappa shape index (κ1) is 13.1. The molecular weight excluding hydrogens is 258 g/mol. The van der Waals surface area contributed by atoms with Crippen LogP contribution in [-0.4, -0.2) is 28.3 Å². The summed E-state index contributed by atoms with van der Waals surface area (Å²) in [7, 11) is 0. The number of nitrogens with one attached hydrogen (secondary N) is 1. The molecule has 106 valence electrons. The molecule has 1 aliphatic carbocycles. The quantitative estimate of drug-likeness (QED) is 0.778. The van der Waals surface area contributed by atoms with Gasteiger partial charge in [0.15, 0.2) is 0 Å². The van der Waals surface area contributed by atoms with Gasteiger partial charge < -0.3 is 19.9 Å². The zero-order chi connectivity index (χ0) is 14.2. The lowest BCUT2D eigenvalue weighted by Crippen LogP contribution is -2.46. The number of fused-ring (bicyclic) bond motifs is 1. The van der Waals surface area contributed by atoms with Crippen molar-refractivity contribution in [3.8, 4) is 0 Å². The van der Waals surface area contributed by atoms with Gasteiger partial charge in [0.25, 0.3) is 0 Å². The third-order valence-electron chi connectivity index (χ3n) is 3.93. The summed E-state index contributed by atoms with van der Waals surface area (Å²) in [5.74, 6) is -1.10. The molecule has 5 nitrogen and oxygen atoms in total. The normalized spacial score (nSPS) is 17.1. The summed E-state index contributed by atoms with van der Waals surface area (Å²) in [5, 5.41) is 23.2. The van der Waals surface area contributed by atoms with E-state index in [2.05, 4.69) is 5.32 Å². The van der Waals surface area contributed by atoms with Crippen LogP contribution in [0.2, 0.25) is 0 Å². The predicted molar refractivity (Wildman–Crippen MR) is 73.7 cm³/mol. The molecule has 1 aromatic heterocycles. The fourth-order valence-electron chi connectivity index (χ4n) is 2.63. The van der Waals surface area contributed by atoms with Crippen LogP contribution in [0.3, 0.4) is 0 Å². The maximum absolute atomic E-state index is 11.2. The van der Waals surface area contributed by atoms with E-state index in [1.165, 1.54) is 0 Å². The largest absolute Gasteiger partial charge is 0.475 e. The Morgan fingerprint density at radius 2 is 2.10 bits per heavy atom. The minimum absolute atomic E-state index is 0.0284. The number of carboxylic acid groups (broad SMARTS) is 1. The second-order valence-electron chi connectivity index (χ2n) is 5.39. The third kappa shape index (κ3) is 2.30. The van der Waals surface area contributed by atoms with Crippen molar-refractivity contribution >= 4 is 16.9 Å². The van der Waals surface area contributed by atoms with Crippen molar-refractivity contribution in [2.24, 2.45) is 0 Å². The van der Waals surface area contributed by atoms with Crippen LogP contribution in [0.1, 0.15) is 35.4 Å². The zero-order valence-electron chi connectivity index (χ0n) is 11.1. The molecule has 2 aromatic rings. The molecular formula is C15H17NO4. The van der Waals surface area contributed by atoms with Gasteiger partial charge in [0, 0.05) is 24.0 Å². The SMILES string of the molecule is O=C(O)c1oc2ccccc2c1CNCC1(O)CCC1. The Hall–Kier alpha value is -1.85. The van der Waals surface area contributed by atoms with Gasteiger partial charge in [-0.05, 0) is 25.3 Å². The van der Waals surface area contributed by atoms with Gasteiger partial charge in [-0.3, -0.25) is 0 Å². The smallest absolute Gasteiger partial charge is 0.372 e. The Morgan fingerprint density at radius 3 is 2.75 bits per heavy atom.